The van der Waals surface area contributed by atoms with Crippen molar-refractivity contribution in [2.45, 2.75) is 31.2 Å². The van der Waals surface area contributed by atoms with E-state index in [4.69, 9.17) is 4.99 Å². The highest BCUT2D eigenvalue weighted by Crippen LogP contribution is 2.47. The zero-order valence-corrected chi connectivity index (χ0v) is 16.3. The number of aliphatic imine (C=N–C) groups is 1. The van der Waals surface area contributed by atoms with E-state index in [-0.39, 0.29) is 12.1 Å². The average molecular weight is 375 g/mol. The van der Waals surface area contributed by atoms with Crippen molar-refractivity contribution in [3.63, 3.8) is 0 Å². The fourth-order valence-electron chi connectivity index (χ4n) is 4.13. The Balaban J connectivity index is 1.63. The number of nitrogens with zero attached hydrogens (tertiary/aromatic N) is 4. The van der Waals surface area contributed by atoms with Crippen molar-refractivity contribution in [1.82, 2.24) is 14.5 Å². The van der Waals surface area contributed by atoms with E-state index in [1.54, 1.807) is 0 Å². The number of amidine groups is 1. The molecule has 1 aromatic carbocycles. The second-order valence-electron chi connectivity index (χ2n) is 7.23. The summed E-state index contributed by atoms with van der Waals surface area (Å²) in [7, 11) is 0. The summed E-state index contributed by atoms with van der Waals surface area (Å²) in [5.74, 6) is 0. The third-order valence-corrected chi connectivity index (χ3v) is 6.44. The van der Waals surface area contributed by atoms with E-state index >= 15 is 0 Å². The molecule has 2 aliphatic rings. The van der Waals surface area contributed by atoms with Crippen LogP contribution >= 0.6 is 11.8 Å². The van der Waals surface area contributed by atoms with Gasteiger partial charge in [0.1, 0.15) is 6.04 Å². The normalized spacial score (nSPS) is 24.1. The first-order chi connectivity index (χ1) is 13.2. The third-order valence-electron chi connectivity index (χ3n) is 5.34. The summed E-state index contributed by atoms with van der Waals surface area (Å²) >= 11 is 1.88. The van der Waals surface area contributed by atoms with E-state index in [9.17, 15) is 0 Å². The van der Waals surface area contributed by atoms with Gasteiger partial charge in [-0.3, -0.25) is 9.98 Å². The van der Waals surface area contributed by atoms with Crippen LogP contribution in [0.15, 0.2) is 72.0 Å². The Bertz CT molecular complexity index is 994. The van der Waals surface area contributed by atoms with Crippen LogP contribution in [0.2, 0.25) is 0 Å². The molecule has 3 aromatic rings. The van der Waals surface area contributed by atoms with Crippen molar-refractivity contribution in [3.05, 3.63) is 83.9 Å². The van der Waals surface area contributed by atoms with Crippen molar-refractivity contribution >= 4 is 16.9 Å². The predicted octanol–water partition coefficient (Wildman–Crippen LogP) is 4.77. The van der Waals surface area contributed by atoms with Gasteiger partial charge in [0.25, 0.3) is 0 Å². The molecule has 0 saturated carbocycles. The Hall–Kier alpha value is -2.53. The zero-order valence-electron chi connectivity index (χ0n) is 15.5. The van der Waals surface area contributed by atoms with Gasteiger partial charge in [0.05, 0.1) is 11.7 Å². The van der Waals surface area contributed by atoms with Crippen LogP contribution in [0.3, 0.4) is 0 Å². The molecule has 2 aromatic heterocycles. The molecule has 1 saturated heterocycles. The van der Waals surface area contributed by atoms with Crippen LogP contribution in [0.5, 0.6) is 0 Å². The maximum Gasteiger partial charge on any atom is 0.160 e. The van der Waals surface area contributed by atoms with E-state index in [2.05, 4.69) is 83.0 Å². The lowest BCUT2D eigenvalue weighted by molar-refractivity contribution is 0.312. The summed E-state index contributed by atoms with van der Waals surface area (Å²) in [4.78, 5) is 12.2. The lowest BCUT2D eigenvalue weighted by atomic mass is 10.0. The van der Waals surface area contributed by atoms with Crippen LogP contribution in [0, 0.1) is 6.92 Å². The van der Waals surface area contributed by atoms with Crippen LogP contribution in [0.25, 0.3) is 5.69 Å². The number of aryl methyl sites for hydroxylation is 1. The first kappa shape index (κ1) is 16.6. The van der Waals surface area contributed by atoms with Crippen molar-refractivity contribution in [1.29, 1.82) is 0 Å². The lowest BCUT2D eigenvalue weighted by Gasteiger charge is -2.28. The highest BCUT2D eigenvalue weighted by Gasteiger charge is 2.44. The van der Waals surface area contributed by atoms with Crippen molar-refractivity contribution in [2.75, 3.05) is 6.54 Å². The molecule has 5 rings (SSSR count). The third kappa shape index (κ3) is 2.77. The molecule has 0 N–H and O–H groups in total. The van der Waals surface area contributed by atoms with Gasteiger partial charge >= 0.3 is 0 Å². The molecule has 3 atom stereocenters. The molecular weight excluding hydrogens is 352 g/mol. The Morgan fingerprint density at radius 2 is 1.89 bits per heavy atom. The molecule has 0 bridgehead atoms. The highest BCUT2D eigenvalue weighted by molar-refractivity contribution is 8.14. The summed E-state index contributed by atoms with van der Waals surface area (Å²) < 4.78 is 2.32. The van der Waals surface area contributed by atoms with Crippen LogP contribution in [0.4, 0.5) is 0 Å². The van der Waals surface area contributed by atoms with E-state index < -0.39 is 0 Å². The summed E-state index contributed by atoms with van der Waals surface area (Å²) in [6, 6.07) is 19.2. The number of thioether (sulfide) groups is 1. The van der Waals surface area contributed by atoms with Crippen LogP contribution in [-0.2, 0) is 0 Å². The Morgan fingerprint density at radius 3 is 2.70 bits per heavy atom. The maximum absolute atomic E-state index is 5.10. The second kappa shape index (κ2) is 6.57. The largest absolute Gasteiger partial charge is 0.339 e. The number of hydrogen-bond donors (Lipinski definition) is 0. The molecule has 4 heterocycles. The molecule has 2 aliphatic heterocycles. The SMILES string of the molecule is Cc1ccccc1-n1cccc1[C@@H]1[C@H](c2ccccn2)N=C2S[C@@H](C)CN21. The predicted molar refractivity (Wildman–Crippen MR) is 111 cm³/mol. The molecule has 0 spiro atoms. The molecule has 0 amide bonds. The minimum atomic E-state index is 0.0267. The molecule has 0 radical (unpaired) electrons. The van der Waals surface area contributed by atoms with Gasteiger partial charge in [-0.2, -0.15) is 0 Å². The number of fused-ring (bicyclic) bond motifs is 1. The standard InChI is InChI=1S/C22H22N4S/c1-15-8-3-4-10-18(15)25-13-7-11-19(25)21-20(17-9-5-6-12-23-17)24-22-26(21)14-16(2)27-22/h3-13,16,20-21H,14H2,1-2H3/t16-,20-,21+/m0/s1. The van der Waals surface area contributed by atoms with E-state index in [0.29, 0.717) is 5.25 Å². The molecular formula is C22H22N4S. The molecule has 5 heteroatoms. The van der Waals surface area contributed by atoms with Gasteiger partial charge in [0.2, 0.25) is 0 Å². The Morgan fingerprint density at radius 1 is 1.04 bits per heavy atom. The van der Waals surface area contributed by atoms with Gasteiger partial charge in [0.15, 0.2) is 5.17 Å². The van der Waals surface area contributed by atoms with Gasteiger partial charge in [-0.1, -0.05) is 43.0 Å². The van der Waals surface area contributed by atoms with Gasteiger partial charge in [0, 0.05) is 35.6 Å². The zero-order chi connectivity index (χ0) is 18.4. The smallest absolute Gasteiger partial charge is 0.160 e. The number of para-hydroxylation sites is 1. The van der Waals surface area contributed by atoms with Crippen molar-refractivity contribution in [2.24, 2.45) is 4.99 Å². The first-order valence-corrected chi connectivity index (χ1v) is 10.3. The summed E-state index contributed by atoms with van der Waals surface area (Å²) in [6.45, 7) is 5.47. The number of rotatable bonds is 3. The van der Waals surface area contributed by atoms with Crippen LogP contribution < -0.4 is 0 Å². The molecule has 1 fully saturated rings. The molecule has 136 valence electrons. The molecule has 27 heavy (non-hydrogen) atoms. The van der Waals surface area contributed by atoms with Crippen LogP contribution in [0.1, 0.15) is 36.0 Å². The average Bonchev–Trinajstić information content (AvgIpc) is 3.36. The fourth-order valence-corrected chi connectivity index (χ4v) is 5.22. The second-order valence-corrected chi connectivity index (χ2v) is 8.63. The minimum Gasteiger partial charge on any atom is -0.339 e. The van der Waals surface area contributed by atoms with Gasteiger partial charge < -0.3 is 9.47 Å². The molecule has 0 unspecified atom stereocenters. The number of aromatic nitrogens is 2. The summed E-state index contributed by atoms with van der Waals surface area (Å²) in [5.41, 5.74) is 4.81. The fraction of sp³-hybridized carbons (Fsp3) is 0.273. The molecule has 4 nitrogen and oxygen atoms in total. The Kier molecular flexibility index (Phi) is 4.05. The summed E-state index contributed by atoms with van der Waals surface area (Å²) in [5, 5.41) is 1.72. The number of benzene rings is 1. The highest BCUT2D eigenvalue weighted by atomic mass is 32.2. The Labute approximate surface area is 164 Å². The van der Waals surface area contributed by atoms with E-state index in [1.807, 2.05) is 24.0 Å². The summed E-state index contributed by atoms with van der Waals surface area (Å²) in [6.07, 6.45) is 4.03. The molecule has 0 aliphatic carbocycles. The van der Waals surface area contributed by atoms with Gasteiger partial charge in [-0.15, -0.1) is 0 Å². The minimum absolute atomic E-state index is 0.0267. The maximum atomic E-state index is 5.10. The first-order valence-electron chi connectivity index (χ1n) is 9.37. The number of hydrogen-bond acceptors (Lipinski definition) is 4. The van der Waals surface area contributed by atoms with E-state index in [0.717, 1.165) is 17.4 Å². The van der Waals surface area contributed by atoms with Gasteiger partial charge in [-0.05, 0) is 42.8 Å². The van der Waals surface area contributed by atoms with Crippen LogP contribution in [-0.4, -0.2) is 31.4 Å². The van der Waals surface area contributed by atoms with Gasteiger partial charge in [-0.25, -0.2) is 0 Å². The lowest BCUT2D eigenvalue weighted by Crippen LogP contribution is -2.30. The topological polar surface area (TPSA) is 33.4 Å². The van der Waals surface area contributed by atoms with Crippen molar-refractivity contribution < 1.29 is 0 Å². The van der Waals surface area contributed by atoms with Crippen molar-refractivity contribution in [3.8, 4) is 5.69 Å². The monoisotopic (exact) mass is 374 g/mol. The van der Waals surface area contributed by atoms with E-state index in [1.165, 1.54) is 16.9 Å². The quantitative estimate of drug-likeness (QED) is 0.662. The number of pyridine rings is 1.